The quantitative estimate of drug-likeness (QED) is 0.490. The normalized spacial score (nSPS) is 10.7. The lowest BCUT2D eigenvalue weighted by Crippen LogP contribution is -2.20. The number of carbonyl (C=O) groups excluding carboxylic acids is 1. The predicted octanol–water partition coefficient (Wildman–Crippen LogP) is 4.79. The number of hydrogen-bond acceptors (Lipinski definition) is 2. The first kappa shape index (κ1) is 18.7. The van der Waals surface area contributed by atoms with Crippen molar-refractivity contribution in [1.29, 1.82) is 0 Å². The smallest absolute Gasteiger partial charge is 0.308 e. The molecule has 140 valence electrons. The molecule has 1 aromatic heterocycles. The second-order valence-corrected chi connectivity index (χ2v) is 5.87. The Balaban J connectivity index is 1.70. The van der Waals surface area contributed by atoms with E-state index in [0.29, 0.717) is 10.7 Å². The molecule has 0 saturated heterocycles. The highest BCUT2D eigenvalue weighted by molar-refractivity contribution is 6.30. The van der Waals surface area contributed by atoms with Crippen molar-refractivity contribution in [2.24, 2.45) is 0 Å². The number of carbonyl (C=O) groups is 1. The van der Waals surface area contributed by atoms with Crippen LogP contribution in [0.15, 0.2) is 42.6 Å². The Morgan fingerprint density at radius 2 is 1.74 bits per heavy atom. The van der Waals surface area contributed by atoms with Gasteiger partial charge in [0.1, 0.15) is 0 Å². The highest BCUT2D eigenvalue weighted by atomic mass is 35.5. The zero-order valence-electron chi connectivity index (χ0n) is 13.4. The van der Waals surface area contributed by atoms with Crippen LogP contribution in [-0.2, 0) is 6.54 Å². The molecular formula is C17H11ClF4N4O. The maximum atomic E-state index is 13.7. The summed E-state index contributed by atoms with van der Waals surface area (Å²) in [6.07, 6.45) is 1.29. The summed E-state index contributed by atoms with van der Waals surface area (Å²) in [7, 11) is 0. The summed E-state index contributed by atoms with van der Waals surface area (Å²) in [5.74, 6) is -5.95. The Bertz CT molecular complexity index is 982. The number of nitrogens with zero attached hydrogens (tertiary/aromatic N) is 2. The third-order valence-corrected chi connectivity index (χ3v) is 3.72. The van der Waals surface area contributed by atoms with Crippen molar-refractivity contribution in [2.45, 2.75) is 6.54 Å². The van der Waals surface area contributed by atoms with Crippen LogP contribution in [0.4, 0.5) is 33.9 Å². The summed E-state index contributed by atoms with van der Waals surface area (Å²) in [4.78, 5) is 11.9. The molecule has 2 amide bonds. The fourth-order valence-corrected chi connectivity index (χ4v) is 2.48. The number of halogens is 5. The molecule has 1 heterocycles. The molecule has 10 heteroatoms. The van der Waals surface area contributed by atoms with Gasteiger partial charge in [-0.25, -0.2) is 22.4 Å². The largest absolute Gasteiger partial charge is 0.324 e. The first-order valence-corrected chi connectivity index (χ1v) is 7.90. The lowest BCUT2D eigenvalue weighted by atomic mass is 10.2. The molecule has 3 rings (SSSR count). The van der Waals surface area contributed by atoms with Gasteiger partial charge in [-0.05, 0) is 18.2 Å². The molecule has 0 aliphatic rings. The summed E-state index contributed by atoms with van der Waals surface area (Å²) in [5, 5.41) is 9.25. The zero-order valence-corrected chi connectivity index (χ0v) is 14.2. The fourth-order valence-electron chi connectivity index (χ4n) is 2.28. The van der Waals surface area contributed by atoms with Crippen molar-refractivity contribution < 1.29 is 22.4 Å². The number of amides is 2. The second-order valence-electron chi connectivity index (χ2n) is 5.43. The van der Waals surface area contributed by atoms with Crippen molar-refractivity contribution in [3.8, 4) is 0 Å². The number of anilines is 2. The van der Waals surface area contributed by atoms with Crippen LogP contribution in [0.1, 0.15) is 5.56 Å². The van der Waals surface area contributed by atoms with Gasteiger partial charge in [0.2, 0.25) is 0 Å². The van der Waals surface area contributed by atoms with E-state index in [-0.39, 0.29) is 11.9 Å². The molecule has 3 aromatic rings. The minimum absolute atomic E-state index is 0.0622. The van der Waals surface area contributed by atoms with Crippen molar-refractivity contribution in [1.82, 2.24) is 9.78 Å². The van der Waals surface area contributed by atoms with Gasteiger partial charge in [-0.15, -0.1) is 0 Å². The van der Waals surface area contributed by atoms with Crippen LogP contribution in [0.3, 0.4) is 0 Å². The van der Waals surface area contributed by atoms with E-state index in [9.17, 15) is 22.4 Å². The molecule has 0 radical (unpaired) electrons. The minimum atomic E-state index is -1.50. The van der Waals surface area contributed by atoms with E-state index in [0.717, 1.165) is 4.68 Å². The first-order valence-electron chi connectivity index (χ1n) is 7.52. The Labute approximate surface area is 155 Å². The standard InChI is InChI=1S/C17H11ClF4N4O/c18-9-2-1-3-10(6-9)23-17(27)24-14-4-5-26(25-14)8-11-15(21)12(19)7-13(20)16(11)22/h1-7H,8H2,(H2,23,24,25,27). The van der Waals surface area contributed by atoms with Crippen molar-refractivity contribution in [3.63, 3.8) is 0 Å². The molecule has 0 unspecified atom stereocenters. The summed E-state index contributed by atoms with van der Waals surface area (Å²) < 4.78 is 54.9. The zero-order chi connectivity index (χ0) is 19.6. The van der Waals surface area contributed by atoms with Gasteiger partial charge in [0.15, 0.2) is 29.1 Å². The SMILES string of the molecule is O=C(Nc1cccc(Cl)c1)Nc1ccn(Cc2c(F)c(F)cc(F)c2F)n1. The first-order chi connectivity index (χ1) is 12.8. The number of hydrogen-bond donors (Lipinski definition) is 2. The van der Waals surface area contributed by atoms with Crippen LogP contribution in [0.25, 0.3) is 0 Å². The molecule has 0 spiro atoms. The summed E-state index contributed by atoms with van der Waals surface area (Å²) in [6, 6.07) is 7.29. The average Bonchev–Trinajstić information content (AvgIpc) is 3.04. The van der Waals surface area contributed by atoms with E-state index in [2.05, 4.69) is 15.7 Å². The maximum absolute atomic E-state index is 13.7. The highest BCUT2D eigenvalue weighted by Gasteiger charge is 2.19. The van der Waals surface area contributed by atoms with Crippen molar-refractivity contribution in [3.05, 3.63) is 76.5 Å². The monoisotopic (exact) mass is 398 g/mol. The molecule has 0 atom stereocenters. The van der Waals surface area contributed by atoms with Gasteiger partial charge in [0.25, 0.3) is 0 Å². The summed E-state index contributed by atoms with van der Waals surface area (Å²) in [6.45, 7) is -0.566. The number of nitrogens with one attached hydrogen (secondary N) is 2. The van der Waals surface area contributed by atoms with Crippen LogP contribution in [0, 0.1) is 23.3 Å². The van der Waals surface area contributed by atoms with Gasteiger partial charge in [-0.2, -0.15) is 5.10 Å². The van der Waals surface area contributed by atoms with E-state index >= 15 is 0 Å². The minimum Gasteiger partial charge on any atom is -0.308 e. The molecule has 0 aliphatic heterocycles. The van der Waals surface area contributed by atoms with Crippen molar-refractivity contribution >= 4 is 29.1 Å². The van der Waals surface area contributed by atoms with Crippen LogP contribution < -0.4 is 10.6 Å². The predicted molar refractivity (Wildman–Crippen MR) is 91.7 cm³/mol. The molecule has 27 heavy (non-hydrogen) atoms. The number of urea groups is 1. The van der Waals surface area contributed by atoms with Crippen LogP contribution in [0.2, 0.25) is 5.02 Å². The Kier molecular flexibility index (Phi) is 5.31. The van der Waals surface area contributed by atoms with Crippen LogP contribution in [0.5, 0.6) is 0 Å². The van der Waals surface area contributed by atoms with Crippen LogP contribution in [-0.4, -0.2) is 15.8 Å². The second kappa shape index (κ2) is 7.67. The number of benzene rings is 2. The van der Waals surface area contributed by atoms with Crippen molar-refractivity contribution in [2.75, 3.05) is 10.6 Å². The molecule has 2 N–H and O–H groups in total. The third-order valence-electron chi connectivity index (χ3n) is 3.49. The van der Waals surface area contributed by atoms with Gasteiger partial charge in [-0.3, -0.25) is 10.00 Å². The lowest BCUT2D eigenvalue weighted by molar-refractivity contribution is 0.262. The molecule has 0 saturated carbocycles. The molecule has 5 nitrogen and oxygen atoms in total. The van der Waals surface area contributed by atoms with E-state index in [1.165, 1.54) is 18.3 Å². The van der Waals surface area contributed by atoms with Gasteiger partial charge < -0.3 is 5.32 Å². The van der Waals surface area contributed by atoms with Gasteiger partial charge in [0.05, 0.1) is 12.1 Å². The lowest BCUT2D eigenvalue weighted by Gasteiger charge is -2.08. The topological polar surface area (TPSA) is 59.0 Å². The Hall–Kier alpha value is -3.07. The molecular weight excluding hydrogens is 388 g/mol. The summed E-state index contributed by atoms with van der Waals surface area (Å²) >= 11 is 5.81. The summed E-state index contributed by atoms with van der Waals surface area (Å²) in [5.41, 5.74) is -0.371. The Morgan fingerprint density at radius 3 is 2.41 bits per heavy atom. The molecule has 0 bridgehead atoms. The molecule has 0 aliphatic carbocycles. The fraction of sp³-hybridized carbons (Fsp3) is 0.0588. The molecule has 2 aromatic carbocycles. The maximum Gasteiger partial charge on any atom is 0.324 e. The van der Waals surface area contributed by atoms with E-state index in [4.69, 9.17) is 11.6 Å². The average molecular weight is 399 g/mol. The molecule has 0 fully saturated rings. The number of aromatic nitrogens is 2. The van der Waals surface area contributed by atoms with Gasteiger partial charge in [-0.1, -0.05) is 17.7 Å². The van der Waals surface area contributed by atoms with Gasteiger partial charge in [0, 0.05) is 29.0 Å². The van der Waals surface area contributed by atoms with Crippen LogP contribution >= 0.6 is 11.6 Å². The van der Waals surface area contributed by atoms with E-state index < -0.39 is 41.4 Å². The van der Waals surface area contributed by atoms with E-state index in [1.807, 2.05) is 0 Å². The Morgan fingerprint density at radius 1 is 1.04 bits per heavy atom. The van der Waals surface area contributed by atoms with Gasteiger partial charge >= 0.3 is 6.03 Å². The highest BCUT2D eigenvalue weighted by Crippen LogP contribution is 2.20. The van der Waals surface area contributed by atoms with E-state index in [1.54, 1.807) is 18.2 Å². The third kappa shape index (κ3) is 4.37. The number of rotatable bonds is 4.